The maximum absolute atomic E-state index is 13.5. The molecule has 0 aliphatic heterocycles. The second kappa shape index (κ2) is 6.97. The first-order chi connectivity index (χ1) is 8.50. The van der Waals surface area contributed by atoms with Gasteiger partial charge in [-0.1, -0.05) is 6.07 Å². The van der Waals surface area contributed by atoms with E-state index in [4.69, 9.17) is 8.85 Å². The summed E-state index contributed by atoms with van der Waals surface area (Å²) in [5.74, 6) is -1.05. The quantitative estimate of drug-likeness (QED) is 0.707. The van der Waals surface area contributed by atoms with E-state index in [1.54, 1.807) is 0 Å². The minimum Gasteiger partial charge on any atom is -0.395 e. The Kier molecular flexibility index (Phi) is 5.91. The van der Waals surface area contributed by atoms with E-state index < -0.39 is 20.2 Å². The summed E-state index contributed by atoms with van der Waals surface area (Å²) >= 11 is 0. The molecule has 5 heteroatoms. The van der Waals surface area contributed by atoms with Crippen LogP contribution in [0.3, 0.4) is 0 Å². The highest BCUT2D eigenvalue weighted by molar-refractivity contribution is 6.66. The number of rotatable bonds is 7. The van der Waals surface area contributed by atoms with Crippen molar-refractivity contribution in [2.75, 3.05) is 13.2 Å². The third-order valence-corrected chi connectivity index (χ3v) is 5.72. The maximum atomic E-state index is 13.5. The Balaban J connectivity index is 2.66. The van der Waals surface area contributed by atoms with Crippen LogP contribution in [0.4, 0.5) is 8.78 Å². The topological polar surface area (TPSA) is 18.5 Å². The molecule has 0 spiro atoms. The van der Waals surface area contributed by atoms with E-state index in [2.05, 4.69) is 0 Å². The molecule has 1 rings (SSSR count). The summed E-state index contributed by atoms with van der Waals surface area (Å²) in [6.07, 6.45) is 0.509. The minimum absolute atomic E-state index is 0.501. The van der Waals surface area contributed by atoms with Crippen molar-refractivity contribution in [1.82, 2.24) is 0 Å². The van der Waals surface area contributed by atoms with Gasteiger partial charge in [0.15, 0.2) is 0 Å². The Morgan fingerprint density at radius 2 is 1.72 bits per heavy atom. The predicted octanol–water partition coefficient (Wildman–Crippen LogP) is 3.65. The summed E-state index contributed by atoms with van der Waals surface area (Å²) in [4.78, 5) is 0. The molecule has 2 nitrogen and oxygen atoms in total. The Morgan fingerprint density at radius 3 is 2.22 bits per heavy atom. The molecular weight excluding hydrogens is 254 g/mol. The Bertz CT molecular complexity index is 379. The van der Waals surface area contributed by atoms with Gasteiger partial charge in [-0.15, -0.1) is 0 Å². The van der Waals surface area contributed by atoms with Crippen molar-refractivity contribution in [3.05, 3.63) is 35.4 Å². The summed E-state index contributed by atoms with van der Waals surface area (Å²) in [5.41, 5.74) is 0.509. The summed E-state index contributed by atoms with van der Waals surface area (Å²) in [5, 5.41) is 0. The molecule has 0 radical (unpaired) electrons. The lowest BCUT2D eigenvalue weighted by atomic mass is 10.1. The lowest BCUT2D eigenvalue weighted by molar-refractivity contribution is 0.189. The van der Waals surface area contributed by atoms with Gasteiger partial charge in [-0.05, 0) is 44.5 Å². The van der Waals surface area contributed by atoms with Gasteiger partial charge < -0.3 is 8.85 Å². The Morgan fingerprint density at radius 1 is 1.11 bits per heavy atom. The zero-order chi connectivity index (χ0) is 13.6. The first-order valence-electron chi connectivity index (χ1n) is 6.22. The molecule has 0 atom stereocenters. The van der Waals surface area contributed by atoms with Crippen molar-refractivity contribution >= 4 is 8.56 Å². The molecule has 0 amide bonds. The van der Waals surface area contributed by atoms with Crippen LogP contribution in [0.25, 0.3) is 0 Å². The zero-order valence-electron chi connectivity index (χ0n) is 11.1. The molecule has 0 saturated heterocycles. The van der Waals surface area contributed by atoms with Crippen LogP contribution in [-0.4, -0.2) is 21.8 Å². The molecule has 102 valence electrons. The SMILES string of the molecule is CCO[Si](C)(CCc1ccc(F)cc1F)OCC. The number of hydrogen-bond acceptors (Lipinski definition) is 2. The average Bonchev–Trinajstić information content (AvgIpc) is 2.28. The lowest BCUT2D eigenvalue weighted by Crippen LogP contribution is -2.39. The van der Waals surface area contributed by atoms with E-state index in [0.717, 1.165) is 6.07 Å². The molecule has 0 heterocycles. The van der Waals surface area contributed by atoms with E-state index in [0.29, 0.717) is 31.2 Å². The van der Waals surface area contributed by atoms with Gasteiger partial charge in [-0.25, -0.2) is 8.78 Å². The lowest BCUT2D eigenvalue weighted by Gasteiger charge is -2.26. The van der Waals surface area contributed by atoms with Gasteiger partial charge in [0.05, 0.1) is 0 Å². The highest BCUT2D eigenvalue weighted by atomic mass is 28.4. The fraction of sp³-hybridized carbons (Fsp3) is 0.538. The highest BCUT2D eigenvalue weighted by Gasteiger charge is 2.30. The van der Waals surface area contributed by atoms with Gasteiger partial charge >= 0.3 is 8.56 Å². The molecule has 0 aliphatic carbocycles. The van der Waals surface area contributed by atoms with Gasteiger partial charge in [-0.2, -0.15) is 0 Å². The largest absolute Gasteiger partial charge is 0.395 e. The van der Waals surface area contributed by atoms with Crippen molar-refractivity contribution in [3.63, 3.8) is 0 Å². The monoisotopic (exact) mass is 274 g/mol. The summed E-state index contributed by atoms with van der Waals surface area (Å²) in [6, 6.07) is 4.34. The summed E-state index contributed by atoms with van der Waals surface area (Å²) < 4.78 is 37.6. The molecule has 1 aromatic rings. The normalized spacial score (nSPS) is 11.8. The van der Waals surface area contributed by atoms with Crippen LogP contribution in [0.2, 0.25) is 12.6 Å². The van der Waals surface area contributed by atoms with E-state index in [1.807, 2.05) is 20.4 Å². The van der Waals surface area contributed by atoms with Gasteiger partial charge in [0.2, 0.25) is 0 Å². The standard InChI is InChI=1S/C13H20F2O2Si/c1-4-16-18(3,17-5-2)9-8-11-6-7-12(14)10-13(11)15/h6-7,10H,4-5,8-9H2,1-3H3. The van der Waals surface area contributed by atoms with Gasteiger partial charge in [0, 0.05) is 19.3 Å². The van der Waals surface area contributed by atoms with Crippen LogP contribution in [0.1, 0.15) is 19.4 Å². The molecule has 0 aliphatic rings. The fourth-order valence-electron chi connectivity index (χ4n) is 1.88. The van der Waals surface area contributed by atoms with Crippen molar-refractivity contribution in [1.29, 1.82) is 0 Å². The van der Waals surface area contributed by atoms with E-state index in [1.165, 1.54) is 12.1 Å². The van der Waals surface area contributed by atoms with Crippen LogP contribution < -0.4 is 0 Å². The first kappa shape index (κ1) is 15.3. The maximum Gasteiger partial charge on any atom is 0.335 e. The minimum atomic E-state index is -2.23. The second-order valence-electron chi connectivity index (χ2n) is 4.24. The molecule has 0 N–H and O–H groups in total. The molecule has 18 heavy (non-hydrogen) atoms. The molecular formula is C13H20F2O2Si. The van der Waals surface area contributed by atoms with Crippen molar-refractivity contribution in [2.24, 2.45) is 0 Å². The number of aryl methyl sites for hydroxylation is 1. The van der Waals surface area contributed by atoms with Crippen LogP contribution in [-0.2, 0) is 15.3 Å². The first-order valence-corrected chi connectivity index (χ1v) is 8.75. The summed E-state index contributed by atoms with van der Waals surface area (Å²) in [6.45, 7) is 7.00. The predicted molar refractivity (Wildman–Crippen MR) is 69.7 cm³/mol. The van der Waals surface area contributed by atoms with E-state index in [9.17, 15) is 8.78 Å². The van der Waals surface area contributed by atoms with E-state index in [-0.39, 0.29) is 0 Å². The molecule has 0 fully saturated rings. The molecule has 1 aromatic carbocycles. The fourth-order valence-corrected chi connectivity index (χ4v) is 4.20. The Labute approximate surface area is 108 Å². The molecule has 0 bridgehead atoms. The van der Waals surface area contributed by atoms with Gasteiger partial charge in [0.1, 0.15) is 11.6 Å². The van der Waals surface area contributed by atoms with Gasteiger partial charge in [-0.3, -0.25) is 0 Å². The zero-order valence-corrected chi connectivity index (χ0v) is 12.1. The van der Waals surface area contributed by atoms with Crippen molar-refractivity contribution < 1.29 is 17.6 Å². The Hall–Kier alpha value is -0.783. The van der Waals surface area contributed by atoms with Crippen LogP contribution >= 0.6 is 0 Å². The highest BCUT2D eigenvalue weighted by Crippen LogP contribution is 2.19. The number of hydrogen-bond donors (Lipinski definition) is 0. The summed E-state index contributed by atoms with van der Waals surface area (Å²) in [7, 11) is -2.23. The number of halogens is 2. The third-order valence-electron chi connectivity index (χ3n) is 2.76. The molecule has 0 aromatic heterocycles. The molecule has 0 saturated carbocycles. The molecule has 0 unspecified atom stereocenters. The van der Waals surface area contributed by atoms with Crippen LogP contribution in [0.5, 0.6) is 0 Å². The van der Waals surface area contributed by atoms with E-state index >= 15 is 0 Å². The van der Waals surface area contributed by atoms with Crippen LogP contribution in [0, 0.1) is 11.6 Å². The van der Waals surface area contributed by atoms with Crippen molar-refractivity contribution in [3.8, 4) is 0 Å². The van der Waals surface area contributed by atoms with Crippen molar-refractivity contribution in [2.45, 2.75) is 32.9 Å². The number of benzene rings is 1. The second-order valence-corrected chi connectivity index (χ2v) is 7.58. The van der Waals surface area contributed by atoms with Gasteiger partial charge in [0.25, 0.3) is 0 Å². The average molecular weight is 274 g/mol. The smallest absolute Gasteiger partial charge is 0.335 e. The van der Waals surface area contributed by atoms with Crippen LogP contribution in [0.15, 0.2) is 18.2 Å². The third kappa shape index (κ3) is 4.47.